The highest BCUT2D eigenvalue weighted by Crippen LogP contribution is 2.28. The predicted octanol–water partition coefficient (Wildman–Crippen LogP) is 3.39. The lowest BCUT2D eigenvalue weighted by atomic mass is 10.1. The molecular weight excluding hydrogens is 282 g/mol. The van der Waals surface area contributed by atoms with Crippen LogP contribution in [0, 0.1) is 13.8 Å². The second-order valence-corrected chi connectivity index (χ2v) is 5.76. The highest BCUT2D eigenvalue weighted by molar-refractivity contribution is 7.12. The van der Waals surface area contributed by atoms with Gasteiger partial charge in [0.1, 0.15) is 0 Å². The number of rotatable bonds is 3. The number of hydrogen-bond acceptors (Lipinski definition) is 4. The van der Waals surface area contributed by atoms with Gasteiger partial charge in [-0.3, -0.25) is 9.48 Å². The summed E-state index contributed by atoms with van der Waals surface area (Å²) in [4.78, 5) is 16.9. The lowest BCUT2D eigenvalue weighted by molar-refractivity contribution is 0.103. The number of carbonyl (C=O) groups is 1. The average Bonchev–Trinajstić information content (AvgIpc) is 3.05. The molecule has 0 radical (unpaired) electrons. The van der Waals surface area contributed by atoms with Crippen LogP contribution in [-0.2, 0) is 7.05 Å². The molecule has 5 heteroatoms. The molecule has 2 heterocycles. The van der Waals surface area contributed by atoms with Crippen LogP contribution in [0.15, 0.2) is 35.7 Å². The molecule has 106 valence electrons. The first-order valence-electron chi connectivity index (χ1n) is 6.63. The number of aromatic nitrogens is 3. The minimum atomic E-state index is -0.0361. The van der Waals surface area contributed by atoms with Crippen molar-refractivity contribution in [2.75, 3.05) is 0 Å². The Hall–Kier alpha value is -2.27. The zero-order chi connectivity index (χ0) is 15.0. The molecule has 0 aliphatic carbocycles. The van der Waals surface area contributed by atoms with E-state index in [4.69, 9.17) is 0 Å². The van der Waals surface area contributed by atoms with E-state index in [1.165, 1.54) is 11.3 Å². The zero-order valence-electron chi connectivity index (χ0n) is 12.1. The van der Waals surface area contributed by atoms with Gasteiger partial charge in [0.25, 0.3) is 0 Å². The first-order chi connectivity index (χ1) is 10.1. The summed E-state index contributed by atoms with van der Waals surface area (Å²) in [5.41, 5.74) is 4.48. The molecule has 3 rings (SSSR count). The van der Waals surface area contributed by atoms with Crippen molar-refractivity contribution in [1.82, 2.24) is 14.8 Å². The standard InChI is InChI=1S/C16H15N3OS/c1-10-14(11(2)19(3)18-10)13-9-21-16(17-13)15(20)12-7-5-4-6-8-12/h4-9H,1-3H3. The van der Waals surface area contributed by atoms with Crippen molar-refractivity contribution in [2.45, 2.75) is 13.8 Å². The fourth-order valence-electron chi connectivity index (χ4n) is 2.35. The van der Waals surface area contributed by atoms with Gasteiger partial charge in [0.15, 0.2) is 5.01 Å². The lowest BCUT2D eigenvalue weighted by Crippen LogP contribution is -2.00. The first kappa shape index (κ1) is 13.7. The Morgan fingerprint density at radius 3 is 2.52 bits per heavy atom. The van der Waals surface area contributed by atoms with Crippen molar-refractivity contribution in [3.05, 3.63) is 57.7 Å². The normalized spacial score (nSPS) is 10.8. The molecule has 4 nitrogen and oxygen atoms in total. The fraction of sp³-hybridized carbons (Fsp3) is 0.188. The molecule has 0 fully saturated rings. The molecule has 21 heavy (non-hydrogen) atoms. The van der Waals surface area contributed by atoms with Gasteiger partial charge in [-0.1, -0.05) is 30.3 Å². The van der Waals surface area contributed by atoms with Crippen LogP contribution in [0.3, 0.4) is 0 Å². The zero-order valence-corrected chi connectivity index (χ0v) is 12.9. The Morgan fingerprint density at radius 1 is 1.19 bits per heavy atom. The number of benzene rings is 1. The van der Waals surface area contributed by atoms with E-state index in [0.717, 1.165) is 22.6 Å². The van der Waals surface area contributed by atoms with Crippen molar-refractivity contribution in [1.29, 1.82) is 0 Å². The molecule has 0 spiro atoms. The number of nitrogens with zero attached hydrogens (tertiary/aromatic N) is 3. The summed E-state index contributed by atoms with van der Waals surface area (Å²) in [5.74, 6) is -0.0361. The Balaban J connectivity index is 1.99. The van der Waals surface area contributed by atoms with E-state index < -0.39 is 0 Å². The maximum Gasteiger partial charge on any atom is 0.221 e. The summed E-state index contributed by atoms with van der Waals surface area (Å²) in [7, 11) is 1.91. The highest BCUT2D eigenvalue weighted by Gasteiger charge is 2.18. The second kappa shape index (κ2) is 5.26. The highest BCUT2D eigenvalue weighted by atomic mass is 32.1. The molecule has 0 unspecified atom stereocenters. The van der Waals surface area contributed by atoms with Crippen LogP contribution in [0.2, 0.25) is 0 Å². The van der Waals surface area contributed by atoms with E-state index in [2.05, 4.69) is 10.1 Å². The Labute approximate surface area is 127 Å². The second-order valence-electron chi connectivity index (χ2n) is 4.90. The molecule has 0 aliphatic rings. The molecule has 0 bridgehead atoms. The van der Waals surface area contributed by atoms with Crippen LogP contribution in [-0.4, -0.2) is 20.5 Å². The van der Waals surface area contributed by atoms with Crippen LogP contribution in [0.5, 0.6) is 0 Å². The fourth-order valence-corrected chi connectivity index (χ4v) is 3.12. The Kier molecular flexibility index (Phi) is 3.43. The molecule has 1 aromatic carbocycles. The van der Waals surface area contributed by atoms with E-state index in [-0.39, 0.29) is 5.78 Å². The molecule has 2 aromatic heterocycles. The minimum absolute atomic E-state index is 0.0361. The molecule has 0 saturated heterocycles. The van der Waals surface area contributed by atoms with E-state index >= 15 is 0 Å². The molecular formula is C16H15N3OS. The number of hydrogen-bond donors (Lipinski definition) is 0. The molecule has 0 N–H and O–H groups in total. The van der Waals surface area contributed by atoms with Gasteiger partial charge in [0, 0.05) is 29.2 Å². The summed E-state index contributed by atoms with van der Waals surface area (Å²) in [6.07, 6.45) is 0. The summed E-state index contributed by atoms with van der Waals surface area (Å²) < 4.78 is 1.84. The SMILES string of the molecule is Cc1nn(C)c(C)c1-c1csc(C(=O)c2ccccc2)n1. The maximum absolute atomic E-state index is 12.4. The summed E-state index contributed by atoms with van der Waals surface area (Å²) >= 11 is 1.38. The van der Waals surface area contributed by atoms with Crippen molar-refractivity contribution in [2.24, 2.45) is 7.05 Å². The maximum atomic E-state index is 12.4. The Morgan fingerprint density at radius 2 is 1.90 bits per heavy atom. The van der Waals surface area contributed by atoms with Crippen LogP contribution >= 0.6 is 11.3 Å². The van der Waals surface area contributed by atoms with Crippen LogP contribution in [0.25, 0.3) is 11.3 Å². The Bertz CT molecular complexity index is 802. The van der Waals surface area contributed by atoms with Gasteiger partial charge >= 0.3 is 0 Å². The predicted molar refractivity (Wildman–Crippen MR) is 83.7 cm³/mol. The minimum Gasteiger partial charge on any atom is -0.286 e. The van der Waals surface area contributed by atoms with Gasteiger partial charge in [0.2, 0.25) is 5.78 Å². The molecule has 0 saturated carbocycles. The molecule has 3 aromatic rings. The third-order valence-electron chi connectivity index (χ3n) is 3.50. The number of ketones is 1. The van der Waals surface area contributed by atoms with Gasteiger partial charge in [-0.2, -0.15) is 5.10 Å². The molecule has 0 aliphatic heterocycles. The molecule has 0 amide bonds. The smallest absolute Gasteiger partial charge is 0.221 e. The van der Waals surface area contributed by atoms with Gasteiger partial charge in [-0.15, -0.1) is 11.3 Å². The lowest BCUT2D eigenvalue weighted by Gasteiger charge is -1.98. The van der Waals surface area contributed by atoms with E-state index in [9.17, 15) is 4.79 Å². The average molecular weight is 297 g/mol. The largest absolute Gasteiger partial charge is 0.286 e. The number of thiazole rings is 1. The van der Waals surface area contributed by atoms with Crippen molar-refractivity contribution >= 4 is 17.1 Å². The van der Waals surface area contributed by atoms with Gasteiger partial charge in [-0.25, -0.2) is 4.98 Å². The van der Waals surface area contributed by atoms with Crippen molar-refractivity contribution in [3.8, 4) is 11.3 Å². The van der Waals surface area contributed by atoms with Crippen LogP contribution in [0.1, 0.15) is 26.8 Å². The third kappa shape index (κ3) is 2.40. The molecule has 0 atom stereocenters. The number of carbonyl (C=O) groups excluding carboxylic acids is 1. The van der Waals surface area contributed by atoms with Gasteiger partial charge in [0.05, 0.1) is 11.4 Å². The first-order valence-corrected chi connectivity index (χ1v) is 7.51. The summed E-state index contributed by atoms with van der Waals surface area (Å²) in [6, 6.07) is 9.23. The quantitative estimate of drug-likeness (QED) is 0.696. The van der Waals surface area contributed by atoms with Gasteiger partial charge < -0.3 is 0 Å². The summed E-state index contributed by atoms with van der Waals surface area (Å²) in [6.45, 7) is 3.97. The van der Waals surface area contributed by atoms with E-state index in [1.807, 2.05) is 61.3 Å². The van der Waals surface area contributed by atoms with E-state index in [1.54, 1.807) is 0 Å². The number of aryl methyl sites for hydroxylation is 2. The van der Waals surface area contributed by atoms with Crippen molar-refractivity contribution < 1.29 is 4.79 Å². The van der Waals surface area contributed by atoms with Gasteiger partial charge in [-0.05, 0) is 13.8 Å². The van der Waals surface area contributed by atoms with Crippen molar-refractivity contribution in [3.63, 3.8) is 0 Å². The monoisotopic (exact) mass is 297 g/mol. The third-order valence-corrected chi connectivity index (χ3v) is 4.34. The van der Waals surface area contributed by atoms with E-state index in [0.29, 0.717) is 10.6 Å². The van der Waals surface area contributed by atoms with Crippen LogP contribution in [0.4, 0.5) is 0 Å². The summed E-state index contributed by atoms with van der Waals surface area (Å²) in [5, 5.41) is 6.83. The topological polar surface area (TPSA) is 47.8 Å². The van der Waals surface area contributed by atoms with Crippen LogP contribution < -0.4 is 0 Å².